The Balaban J connectivity index is 2.45. The zero-order chi connectivity index (χ0) is 14.7. The summed E-state index contributed by atoms with van der Waals surface area (Å²) in [5, 5.41) is 0. The lowest BCUT2D eigenvalue weighted by Gasteiger charge is -2.31. The summed E-state index contributed by atoms with van der Waals surface area (Å²) < 4.78 is 10.2. The van der Waals surface area contributed by atoms with Crippen LogP contribution < -0.4 is 16.4 Å². The van der Waals surface area contributed by atoms with Crippen LogP contribution in [-0.2, 0) is 4.74 Å². The van der Waals surface area contributed by atoms with Crippen molar-refractivity contribution in [1.29, 1.82) is 0 Å². The molecule has 0 radical (unpaired) electrons. The number of rotatable bonds is 6. The van der Waals surface area contributed by atoms with E-state index in [-0.39, 0.29) is 0 Å². The Labute approximate surface area is 117 Å². The molecule has 1 heterocycles. The van der Waals surface area contributed by atoms with Gasteiger partial charge in [-0.2, -0.15) is 0 Å². The second-order valence-electron chi connectivity index (χ2n) is 4.87. The highest BCUT2D eigenvalue weighted by molar-refractivity contribution is 5.85. The zero-order valence-corrected chi connectivity index (χ0v) is 12.1. The van der Waals surface area contributed by atoms with Crippen LogP contribution in [-0.4, -0.2) is 31.3 Å². The lowest BCUT2D eigenvalue weighted by molar-refractivity contribution is 0.203. The lowest BCUT2D eigenvalue weighted by atomic mass is 10.1. The Bertz CT molecular complexity index is 632. The number of H-pyrrole nitrogens is 1. The minimum atomic E-state index is -0.469. The second-order valence-corrected chi connectivity index (χ2v) is 4.87. The lowest BCUT2D eigenvalue weighted by Crippen LogP contribution is -2.35. The summed E-state index contributed by atoms with van der Waals surface area (Å²) in [5.41, 5.74) is 8.72. The van der Waals surface area contributed by atoms with E-state index in [2.05, 4.69) is 23.7 Å². The number of nitrogens with two attached hydrogens (primary N) is 1. The molecule has 20 heavy (non-hydrogen) atoms. The van der Waals surface area contributed by atoms with Crippen LogP contribution in [0.15, 0.2) is 21.3 Å². The maximum Gasteiger partial charge on any atom is 0.417 e. The highest BCUT2D eigenvalue weighted by Crippen LogP contribution is 2.29. The minimum absolute atomic E-state index is 0.323. The Hall–Kier alpha value is -1.95. The van der Waals surface area contributed by atoms with E-state index in [4.69, 9.17) is 14.9 Å². The van der Waals surface area contributed by atoms with Crippen molar-refractivity contribution in [2.75, 3.05) is 30.9 Å². The summed E-state index contributed by atoms with van der Waals surface area (Å²) in [7, 11) is 1.68. The predicted octanol–water partition coefficient (Wildman–Crippen LogP) is 1.95. The van der Waals surface area contributed by atoms with Gasteiger partial charge in [-0.05, 0) is 19.4 Å². The molecule has 0 fully saturated rings. The number of aromatic amines is 1. The van der Waals surface area contributed by atoms with Crippen molar-refractivity contribution in [2.24, 2.45) is 0 Å². The molecular formula is C14H21N3O3. The first kappa shape index (κ1) is 14.5. The van der Waals surface area contributed by atoms with Crippen molar-refractivity contribution >= 4 is 22.5 Å². The van der Waals surface area contributed by atoms with Gasteiger partial charge in [-0.1, -0.05) is 6.92 Å². The fraction of sp³-hybridized carbons (Fsp3) is 0.500. The van der Waals surface area contributed by atoms with Crippen LogP contribution in [0.25, 0.3) is 11.1 Å². The molecular weight excluding hydrogens is 258 g/mol. The summed E-state index contributed by atoms with van der Waals surface area (Å²) in [6.07, 6.45) is 0.989. The quantitative estimate of drug-likeness (QED) is 0.790. The Morgan fingerprint density at radius 1 is 1.50 bits per heavy atom. The van der Waals surface area contributed by atoms with E-state index in [1.807, 2.05) is 6.07 Å². The van der Waals surface area contributed by atoms with E-state index in [9.17, 15) is 4.79 Å². The molecule has 0 aliphatic rings. The Morgan fingerprint density at radius 2 is 2.25 bits per heavy atom. The van der Waals surface area contributed by atoms with E-state index < -0.39 is 5.76 Å². The molecule has 2 aromatic rings. The topological polar surface area (TPSA) is 84.5 Å². The highest BCUT2D eigenvalue weighted by Gasteiger charge is 2.17. The summed E-state index contributed by atoms with van der Waals surface area (Å²) >= 11 is 0. The van der Waals surface area contributed by atoms with Crippen molar-refractivity contribution in [3.8, 4) is 0 Å². The summed E-state index contributed by atoms with van der Waals surface area (Å²) in [4.78, 5) is 16.1. The smallest absolute Gasteiger partial charge is 0.408 e. The van der Waals surface area contributed by atoms with Crippen LogP contribution in [0.2, 0.25) is 0 Å². The molecule has 2 rings (SSSR count). The molecule has 0 saturated heterocycles. The fourth-order valence-corrected chi connectivity index (χ4v) is 2.24. The molecule has 1 unspecified atom stereocenters. The number of aromatic nitrogens is 1. The third-order valence-electron chi connectivity index (χ3n) is 3.54. The molecule has 110 valence electrons. The summed E-state index contributed by atoms with van der Waals surface area (Å²) in [6, 6.07) is 3.87. The van der Waals surface area contributed by atoms with Crippen LogP contribution >= 0.6 is 0 Å². The summed E-state index contributed by atoms with van der Waals surface area (Å²) in [5.74, 6) is -0.469. The number of fused-ring (bicyclic) bond motifs is 1. The minimum Gasteiger partial charge on any atom is -0.408 e. The predicted molar refractivity (Wildman–Crippen MR) is 80.2 cm³/mol. The van der Waals surface area contributed by atoms with Gasteiger partial charge in [0.2, 0.25) is 0 Å². The van der Waals surface area contributed by atoms with Crippen LogP contribution in [0, 0.1) is 0 Å². The molecule has 0 spiro atoms. The SMILES string of the molecule is CCC(C)N(CCOC)c1cc2[nH]c(=O)oc2cc1N. The largest absolute Gasteiger partial charge is 0.417 e. The molecule has 0 bridgehead atoms. The van der Waals surface area contributed by atoms with E-state index in [0.717, 1.165) is 18.7 Å². The first-order chi connectivity index (χ1) is 9.56. The van der Waals surface area contributed by atoms with Gasteiger partial charge in [0, 0.05) is 25.8 Å². The highest BCUT2D eigenvalue weighted by atomic mass is 16.5. The van der Waals surface area contributed by atoms with Gasteiger partial charge in [0.05, 0.1) is 23.5 Å². The molecule has 0 aliphatic heterocycles. The molecule has 0 aliphatic carbocycles. The fourth-order valence-electron chi connectivity index (χ4n) is 2.24. The average Bonchev–Trinajstić information content (AvgIpc) is 2.77. The van der Waals surface area contributed by atoms with Gasteiger partial charge in [-0.25, -0.2) is 4.79 Å². The van der Waals surface area contributed by atoms with Gasteiger partial charge in [0.15, 0.2) is 5.58 Å². The number of methoxy groups -OCH3 is 1. The monoisotopic (exact) mass is 279 g/mol. The maximum atomic E-state index is 11.2. The summed E-state index contributed by atoms with van der Waals surface area (Å²) in [6.45, 7) is 5.61. The van der Waals surface area contributed by atoms with Crippen LogP contribution in [0.5, 0.6) is 0 Å². The third-order valence-corrected chi connectivity index (χ3v) is 3.54. The standard InChI is InChI=1S/C14H21N3O3/c1-4-9(2)17(5-6-19-3)12-8-11-13(7-10(12)15)20-14(18)16-11/h7-9H,4-6,15H2,1-3H3,(H,16,18). The van der Waals surface area contributed by atoms with Crippen molar-refractivity contribution in [3.63, 3.8) is 0 Å². The van der Waals surface area contributed by atoms with Gasteiger partial charge in [0.1, 0.15) is 0 Å². The molecule has 6 heteroatoms. The number of nitrogen functional groups attached to an aromatic ring is 1. The van der Waals surface area contributed by atoms with Crippen LogP contribution in [0.3, 0.4) is 0 Å². The van der Waals surface area contributed by atoms with Gasteiger partial charge < -0.3 is 19.8 Å². The van der Waals surface area contributed by atoms with Gasteiger partial charge in [-0.3, -0.25) is 4.98 Å². The van der Waals surface area contributed by atoms with Gasteiger partial charge in [0.25, 0.3) is 0 Å². The van der Waals surface area contributed by atoms with Crippen molar-refractivity contribution in [3.05, 3.63) is 22.7 Å². The second kappa shape index (κ2) is 6.00. The molecule has 1 aromatic carbocycles. The van der Waals surface area contributed by atoms with E-state index >= 15 is 0 Å². The maximum absolute atomic E-state index is 11.2. The van der Waals surface area contributed by atoms with Gasteiger partial charge in [-0.15, -0.1) is 0 Å². The normalized spacial score (nSPS) is 12.8. The molecule has 6 nitrogen and oxygen atoms in total. The molecule has 1 aromatic heterocycles. The Morgan fingerprint density at radius 3 is 2.90 bits per heavy atom. The Kier molecular flexibility index (Phi) is 4.34. The molecule has 0 saturated carbocycles. The van der Waals surface area contributed by atoms with Crippen molar-refractivity contribution < 1.29 is 9.15 Å². The first-order valence-electron chi connectivity index (χ1n) is 6.74. The van der Waals surface area contributed by atoms with E-state index in [1.54, 1.807) is 13.2 Å². The number of ether oxygens (including phenoxy) is 1. The van der Waals surface area contributed by atoms with Crippen LogP contribution in [0.4, 0.5) is 11.4 Å². The van der Waals surface area contributed by atoms with Gasteiger partial charge >= 0.3 is 5.76 Å². The number of benzene rings is 1. The third kappa shape index (κ3) is 2.80. The van der Waals surface area contributed by atoms with Crippen molar-refractivity contribution in [2.45, 2.75) is 26.3 Å². The number of oxazole rings is 1. The number of nitrogens with zero attached hydrogens (tertiary/aromatic N) is 1. The van der Waals surface area contributed by atoms with E-state index in [0.29, 0.717) is 29.4 Å². The molecule has 1 atom stereocenters. The molecule has 3 N–H and O–H groups in total. The first-order valence-corrected chi connectivity index (χ1v) is 6.74. The number of anilines is 2. The average molecular weight is 279 g/mol. The van der Waals surface area contributed by atoms with Crippen molar-refractivity contribution in [1.82, 2.24) is 4.98 Å². The number of hydrogen-bond acceptors (Lipinski definition) is 5. The number of nitrogens with one attached hydrogen (secondary N) is 1. The van der Waals surface area contributed by atoms with Crippen LogP contribution in [0.1, 0.15) is 20.3 Å². The van der Waals surface area contributed by atoms with E-state index in [1.165, 1.54) is 0 Å². The molecule has 0 amide bonds. The zero-order valence-electron chi connectivity index (χ0n) is 12.1. The number of hydrogen-bond donors (Lipinski definition) is 2.